The molecule has 0 radical (unpaired) electrons. The first-order valence-electron chi connectivity index (χ1n) is 5.85. The fourth-order valence-electron chi connectivity index (χ4n) is 1.69. The molecule has 0 unspecified atom stereocenters. The van der Waals surface area contributed by atoms with Crippen LogP contribution in [0.3, 0.4) is 0 Å². The van der Waals surface area contributed by atoms with Crippen molar-refractivity contribution in [2.45, 2.75) is 11.4 Å². The van der Waals surface area contributed by atoms with Gasteiger partial charge in [0.2, 0.25) is 10.0 Å². The Morgan fingerprint density at radius 1 is 1.38 bits per heavy atom. The second-order valence-electron chi connectivity index (χ2n) is 4.08. The van der Waals surface area contributed by atoms with Crippen molar-refractivity contribution in [3.05, 3.63) is 51.7 Å². The van der Waals surface area contributed by atoms with E-state index < -0.39 is 10.0 Å². The van der Waals surface area contributed by atoms with Crippen LogP contribution in [0.25, 0.3) is 0 Å². The third-order valence-corrected chi connectivity index (χ3v) is 4.88. The van der Waals surface area contributed by atoms with Crippen LogP contribution in [0.5, 0.6) is 5.75 Å². The summed E-state index contributed by atoms with van der Waals surface area (Å²) < 4.78 is 32.7. The molecule has 0 bridgehead atoms. The number of hydrogen-bond donors (Lipinski definition) is 1. The molecule has 1 heterocycles. The molecular formula is C13H12BrClN2O3S. The van der Waals surface area contributed by atoms with Crippen LogP contribution in [0.1, 0.15) is 5.56 Å². The van der Waals surface area contributed by atoms with Crippen LogP contribution in [0.4, 0.5) is 0 Å². The molecule has 112 valence electrons. The third kappa shape index (κ3) is 3.94. The largest absolute Gasteiger partial charge is 0.496 e. The minimum atomic E-state index is -3.68. The van der Waals surface area contributed by atoms with E-state index in [4.69, 9.17) is 16.3 Å². The van der Waals surface area contributed by atoms with Crippen molar-refractivity contribution in [2.24, 2.45) is 0 Å². The molecule has 1 aromatic carbocycles. The molecule has 0 saturated carbocycles. The van der Waals surface area contributed by atoms with Crippen molar-refractivity contribution in [1.29, 1.82) is 0 Å². The molecule has 2 aromatic rings. The number of ether oxygens (including phenoxy) is 1. The average molecular weight is 392 g/mol. The van der Waals surface area contributed by atoms with E-state index in [9.17, 15) is 8.42 Å². The lowest BCUT2D eigenvalue weighted by molar-refractivity contribution is 0.409. The maximum absolute atomic E-state index is 12.2. The number of sulfonamides is 1. The van der Waals surface area contributed by atoms with E-state index in [1.165, 1.54) is 25.6 Å². The number of benzene rings is 1. The van der Waals surface area contributed by atoms with Crippen molar-refractivity contribution in [3.8, 4) is 5.75 Å². The molecule has 0 aliphatic carbocycles. The minimum absolute atomic E-state index is 0.0255. The van der Waals surface area contributed by atoms with Gasteiger partial charge >= 0.3 is 0 Å². The summed E-state index contributed by atoms with van der Waals surface area (Å²) in [5.41, 5.74) is 0.577. The van der Waals surface area contributed by atoms with Crippen molar-refractivity contribution in [2.75, 3.05) is 7.11 Å². The first-order chi connectivity index (χ1) is 9.94. The Labute approximate surface area is 136 Å². The van der Waals surface area contributed by atoms with Gasteiger partial charge in [-0.3, -0.25) is 4.98 Å². The standard InChI is InChI=1S/C13H12BrClN2O3S/c1-20-13-4-2-3-12(15)11(13)8-17-21(18,19)10-5-9(14)6-16-7-10/h2-7,17H,8H2,1H3. The Bertz CT molecular complexity index is 753. The van der Waals surface area contributed by atoms with Gasteiger partial charge < -0.3 is 4.74 Å². The number of nitrogens with one attached hydrogen (secondary N) is 1. The van der Waals surface area contributed by atoms with Crippen LogP contribution < -0.4 is 9.46 Å². The van der Waals surface area contributed by atoms with Gasteiger partial charge in [0.1, 0.15) is 10.6 Å². The average Bonchev–Trinajstić information content (AvgIpc) is 2.45. The lowest BCUT2D eigenvalue weighted by Crippen LogP contribution is -2.23. The normalized spacial score (nSPS) is 11.4. The first-order valence-corrected chi connectivity index (χ1v) is 8.51. The molecule has 0 fully saturated rings. The second-order valence-corrected chi connectivity index (χ2v) is 7.17. The van der Waals surface area contributed by atoms with Crippen LogP contribution in [0.2, 0.25) is 5.02 Å². The van der Waals surface area contributed by atoms with Gasteiger partial charge in [0.05, 0.1) is 7.11 Å². The highest BCUT2D eigenvalue weighted by Crippen LogP contribution is 2.26. The highest BCUT2D eigenvalue weighted by atomic mass is 79.9. The summed E-state index contributed by atoms with van der Waals surface area (Å²) in [4.78, 5) is 3.91. The molecule has 2 rings (SSSR count). The molecule has 21 heavy (non-hydrogen) atoms. The van der Waals surface area contributed by atoms with Gasteiger partial charge in [-0.2, -0.15) is 0 Å². The molecule has 0 aliphatic heterocycles. The minimum Gasteiger partial charge on any atom is -0.496 e. The molecule has 0 amide bonds. The summed E-state index contributed by atoms with van der Waals surface area (Å²) in [6.45, 7) is 0.0255. The van der Waals surface area contributed by atoms with Gasteiger partial charge in [0.15, 0.2) is 0 Å². The van der Waals surface area contributed by atoms with Crippen molar-refractivity contribution < 1.29 is 13.2 Å². The van der Waals surface area contributed by atoms with Gasteiger partial charge in [0.25, 0.3) is 0 Å². The number of pyridine rings is 1. The highest BCUT2D eigenvalue weighted by Gasteiger charge is 2.17. The summed E-state index contributed by atoms with van der Waals surface area (Å²) in [6, 6.07) is 6.60. The maximum Gasteiger partial charge on any atom is 0.242 e. The first kappa shape index (κ1) is 16.2. The lowest BCUT2D eigenvalue weighted by Gasteiger charge is -2.11. The second kappa shape index (κ2) is 6.74. The van der Waals surface area contributed by atoms with Crippen molar-refractivity contribution in [3.63, 3.8) is 0 Å². The summed E-state index contributed by atoms with van der Waals surface area (Å²) in [5, 5.41) is 0.435. The predicted octanol–water partition coefficient (Wildman–Crippen LogP) is 2.98. The van der Waals surface area contributed by atoms with E-state index in [2.05, 4.69) is 25.6 Å². The predicted molar refractivity (Wildman–Crippen MR) is 84.0 cm³/mol. The van der Waals surface area contributed by atoms with E-state index >= 15 is 0 Å². The highest BCUT2D eigenvalue weighted by molar-refractivity contribution is 9.10. The number of nitrogens with zero attached hydrogens (tertiary/aromatic N) is 1. The van der Waals surface area contributed by atoms with E-state index in [0.717, 1.165) is 0 Å². The molecule has 5 nitrogen and oxygen atoms in total. The SMILES string of the molecule is COc1cccc(Cl)c1CNS(=O)(=O)c1cncc(Br)c1. The Morgan fingerprint density at radius 3 is 2.81 bits per heavy atom. The molecule has 1 N–H and O–H groups in total. The van der Waals surface area contributed by atoms with Gasteiger partial charge in [0, 0.05) is 34.0 Å². The summed E-state index contributed by atoms with van der Waals surface area (Å²) in [7, 11) is -2.18. The summed E-state index contributed by atoms with van der Waals surface area (Å²) in [6.07, 6.45) is 2.78. The topological polar surface area (TPSA) is 68.3 Å². The zero-order valence-corrected chi connectivity index (χ0v) is 14.2. The fourth-order valence-corrected chi connectivity index (χ4v) is 3.42. The van der Waals surface area contributed by atoms with Gasteiger partial charge in [-0.05, 0) is 34.1 Å². The summed E-state index contributed by atoms with van der Waals surface area (Å²) in [5.74, 6) is 0.526. The quantitative estimate of drug-likeness (QED) is 0.851. The molecular weight excluding hydrogens is 380 g/mol. The number of rotatable bonds is 5. The monoisotopic (exact) mass is 390 g/mol. The van der Waals surface area contributed by atoms with Crippen molar-refractivity contribution >= 4 is 37.6 Å². The van der Waals surface area contributed by atoms with Crippen LogP contribution in [-0.2, 0) is 16.6 Å². The third-order valence-electron chi connectivity index (χ3n) is 2.72. The zero-order chi connectivity index (χ0) is 15.5. The Kier molecular flexibility index (Phi) is 5.21. The van der Waals surface area contributed by atoms with Gasteiger partial charge in [-0.25, -0.2) is 13.1 Å². The number of halogens is 2. The molecule has 8 heteroatoms. The van der Waals surface area contributed by atoms with E-state index in [1.54, 1.807) is 18.2 Å². The number of methoxy groups -OCH3 is 1. The molecule has 0 atom stereocenters. The number of aromatic nitrogens is 1. The van der Waals surface area contributed by atoms with Crippen LogP contribution in [0.15, 0.2) is 46.0 Å². The van der Waals surface area contributed by atoms with Crippen LogP contribution >= 0.6 is 27.5 Å². The van der Waals surface area contributed by atoms with Crippen molar-refractivity contribution in [1.82, 2.24) is 9.71 Å². The molecule has 1 aromatic heterocycles. The Balaban J connectivity index is 2.24. The van der Waals surface area contributed by atoms with Gasteiger partial charge in [-0.15, -0.1) is 0 Å². The number of hydrogen-bond acceptors (Lipinski definition) is 4. The van der Waals surface area contributed by atoms with Crippen LogP contribution in [-0.4, -0.2) is 20.5 Å². The van der Waals surface area contributed by atoms with Crippen LogP contribution in [0, 0.1) is 0 Å². The lowest BCUT2D eigenvalue weighted by atomic mass is 10.2. The van der Waals surface area contributed by atoms with E-state index in [0.29, 0.717) is 20.8 Å². The van der Waals surface area contributed by atoms with E-state index in [-0.39, 0.29) is 11.4 Å². The Hall–Kier alpha value is -1.15. The van der Waals surface area contributed by atoms with Gasteiger partial charge in [-0.1, -0.05) is 17.7 Å². The molecule has 0 aliphatic rings. The Morgan fingerprint density at radius 2 is 2.14 bits per heavy atom. The molecule has 0 spiro atoms. The summed E-state index contributed by atoms with van der Waals surface area (Å²) >= 11 is 9.26. The van der Waals surface area contributed by atoms with E-state index in [1.807, 2.05) is 0 Å². The smallest absolute Gasteiger partial charge is 0.242 e. The maximum atomic E-state index is 12.2. The fraction of sp³-hybridized carbons (Fsp3) is 0.154. The molecule has 0 saturated heterocycles. The zero-order valence-electron chi connectivity index (χ0n) is 11.0.